The highest BCUT2D eigenvalue weighted by Crippen LogP contribution is 2.65. The molecule has 5 rings (SSSR count). The molecule has 4 N–H and O–H groups in total. The van der Waals surface area contributed by atoms with Gasteiger partial charge in [0.25, 0.3) is 15.9 Å². The van der Waals surface area contributed by atoms with E-state index in [1.807, 2.05) is 55.4 Å². The monoisotopic (exact) mass is 697 g/mol. The molecule has 5 amide bonds. The number of ketones is 1. The van der Waals surface area contributed by atoms with Crippen molar-refractivity contribution in [3.05, 3.63) is 43.0 Å². The minimum Gasteiger partial charge on any atom is -0.339 e. The zero-order valence-corrected chi connectivity index (χ0v) is 30.6. The summed E-state index contributed by atoms with van der Waals surface area (Å²) < 4.78 is 28.1. The second-order valence-corrected chi connectivity index (χ2v) is 18.7. The Kier molecular flexibility index (Phi) is 9.13. The molecule has 0 bridgehead atoms. The molecule has 4 unspecified atom stereocenters. The molecule has 0 radical (unpaired) electrons. The predicted molar refractivity (Wildman–Crippen MR) is 183 cm³/mol. The maximum atomic E-state index is 14.4. The van der Waals surface area contributed by atoms with E-state index in [0.29, 0.717) is 0 Å². The molecule has 0 spiro atoms. The van der Waals surface area contributed by atoms with Crippen LogP contribution in [0, 0.1) is 39.9 Å². The van der Waals surface area contributed by atoms with E-state index < -0.39 is 74.2 Å². The maximum absolute atomic E-state index is 14.4. The topological polar surface area (TPSA) is 171 Å². The fourth-order valence-corrected chi connectivity index (χ4v) is 8.51. The van der Waals surface area contributed by atoms with Crippen molar-refractivity contribution in [2.75, 3.05) is 6.54 Å². The Morgan fingerprint density at radius 3 is 2.02 bits per heavy atom. The second kappa shape index (κ2) is 12.2. The number of fused-ring (bicyclic) bond motifs is 1. The molecule has 3 saturated carbocycles. The highest BCUT2D eigenvalue weighted by atomic mass is 32.2. The standard InChI is InChI=1S/C36H51N5O7S/c1-10-21-18-36(21,31(45)40-49(47,48)22-14-12-11-13-15-22)39-29(43)25-24-23(35(24,8)9)19-41(25)30(44)28(34(5,6)7)38-32(46)37-27(33(2,3)4)26(42)20-16-17-20/h10-15,20-21,23-25,27-28H,1,16-19H2,2-9H3,(H,39,43)(H,40,45)(H2,37,38,46)/t21?,23?,24?,25-,27+,28+,36?/m0/s1. The molecule has 268 valence electrons. The molecule has 1 aromatic rings. The number of nitrogens with one attached hydrogen (secondary N) is 4. The highest BCUT2D eigenvalue weighted by Gasteiger charge is 2.71. The van der Waals surface area contributed by atoms with Gasteiger partial charge in [0.2, 0.25) is 11.8 Å². The van der Waals surface area contributed by atoms with Crippen LogP contribution in [0.1, 0.15) is 74.7 Å². The summed E-state index contributed by atoms with van der Waals surface area (Å²) in [7, 11) is -4.22. The zero-order chi connectivity index (χ0) is 36.5. The Morgan fingerprint density at radius 2 is 1.51 bits per heavy atom. The number of sulfonamides is 1. The lowest BCUT2D eigenvalue weighted by Gasteiger charge is -2.38. The first-order valence-electron chi connectivity index (χ1n) is 17.0. The number of nitrogens with zero attached hydrogens (tertiary/aromatic N) is 1. The number of urea groups is 1. The number of carbonyl (C=O) groups excluding carboxylic acids is 5. The average Bonchev–Trinajstić information content (AvgIpc) is 3.95. The van der Waals surface area contributed by atoms with Crippen LogP contribution in [-0.4, -0.2) is 73.1 Å². The number of amides is 5. The Labute approximate surface area is 289 Å². The molecule has 3 aliphatic carbocycles. The number of piperidine rings is 1. The number of likely N-dealkylation sites (tertiary alicyclic amines) is 1. The highest BCUT2D eigenvalue weighted by molar-refractivity contribution is 7.90. The van der Waals surface area contributed by atoms with Gasteiger partial charge in [0, 0.05) is 18.4 Å². The van der Waals surface area contributed by atoms with Crippen molar-refractivity contribution >= 4 is 39.6 Å². The van der Waals surface area contributed by atoms with Crippen molar-refractivity contribution in [3.8, 4) is 0 Å². The van der Waals surface area contributed by atoms with E-state index in [9.17, 15) is 32.4 Å². The number of hydrogen-bond acceptors (Lipinski definition) is 7. The van der Waals surface area contributed by atoms with E-state index in [4.69, 9.17) is 0 Å². The van der Waals surface area contributed by atoms with Crippen LogP contribution in [-0.2, 0) is 29.2 Å². The van der Waals surface area contributed by atoms with Crippen LogP contribution in [0.3, 0.4) is 0 Å². The molecular formula is C36H51N5O7S. The molecule has 13 heteroatoms. The van der Waals surface area contributed by atoms with Crippen molar-refractivity contribution in [1.29, 1.82) is 0 Å². The first-order chi connectivity index (χ1) is 22.6. The SMILES string of the molecule is C=CC1CC1(NC(=O)[C@@H]1C2C(CN1C(=O)[C@@H](NC(=O)N[C@H](C(=O)C1CC1)C(C)(C)C)C(C)(C)C)C2(C)C)C(=O)NS(=O)(=O)c1ccccc1. The number of Topliss-reactive ketones (excluding diaryl/α,β-unsaturated/α-hetero) is 1. The number of carbonyl (C=O) groups is 5. The summed E-state index contributed by atoms with van der Waals surface area (Å²) in [5, 5.41) is 8.50. The third-order valence-corrected chi connectivity index (χ3v) is 12.2. The molecule has 12 nitrogen and oxygen atoms in total. The first-order valence-corrected chi connectivity index (χ1v) is 18.5. The van der Waals surface area contributed by atoms with Crippen molar-refractivity contribution < 1.29 is 32.4 Å². The number of benzene rings is 1. The van der Waals surface area contributed by atoms with Crippen molar-refractivity contribution in [3.63, 3.8) is 0 Å². The van der Waals surface area contributed by atoms with Gasteiger partial charge in [-0.1, -0.05) is 79.7 Å². The van der Waals surface area contributed by atoms with E-state index in [1.165, 1.54) is 23.1 Å². The molecule has 1 aliphatic heterocycles. The largest absolute Gasteiger partial charge is 0.339 e. The average molecular weight is 698 g/mol. The van der Waals surface area contributed by atoms with Gasteiger partial charge in [-0.05, 0) is 59.5 Å². The van der Waals surface area contributed by atoms with E-state index in [2.05, 4.69) is 27.3 Å². The summed E-state index contributed by atoms with van der Waals surface area (Å²) in [5.41, 5.74) is -3.12. The van der Waals surface area contributed by atoms with Gasteiger partial charge in [-0.15, -0.1) is 6.58 Å². The molecule has 7 atom stereocenters. The minimum atomic E-state index is -4.22. The zero-order valence-electron chi connectivity index (χ0n) is 29.8. The molecule has 1 aromatic carbocycles. The predicted octanol–water partition coefficient (Wildman–Crippen LogP) is 3.14. The van der Waals surface area contributed by atoms with Gasteiger partial charge in [-0.3, -0.25) is 19.2 Å². The molecule has 1 saturated heterocycles. The fraction of sp³-hybridized carbons (Fsp3) is 0.639. The van der Waals surface area contributed by atoms with Crippen molar-refractivity contribution in [2.45, 2.75) is 103 Å². The van der Waals surface area contributed by atoms with E-state index >= 15 is 0 Å². The van der Waals surface area contributed by atoms with E-state index in [1.54, 1.807) is 18.2 Å². The Bertz CT molecular complexity index is 1660. The normalized spacial score (nSPS) is 28.3. The van der Waals surface area contributed by atoms with Crippen LogP contribution < -0.4 is 20.7 Å². The summed E-state index contributed by atoms with van der Waals surface area (Å²) in [6.07, 6.45) is 3.26. The Balaban J connectivity index is 1.36. The minimum absolute atomic E-state index is 0.0146. The lowest BCUT2D eigenvalue weighted by atomic mass is 9.82. The van der Waals surface area contributed by atoms with Crippen LogP contribution in [0.4, 0.5) is 4.79 Å². The molecule has 49 heavy (non-hydrogen) atoms. The molecular weight excluding hydrogens is 646 g/mol. The maximum Gasteiger partial charge on any atom is 0.316 e. The van der Waals surface area contributed by atoms with Gasteiger partial charge in [0.05, 0.1) is 10.9 Å². The molecule has 4 aliphatic rings. The van der Waals surface area contributed by atoms with Gasteiger partial charge in [0.1, 0.15) is 17.6 Å². The number of hydrogen-bond donors (Lipinski definition) is 4. The van der Waals surface area contributed by atoms with Crippen LogP contribution in [0.25, 0.3) is 0 Å². The molecule has 0 aromatic heterocycles. The Hall–Kier alpha value is -3.74. The first kappa shape index (κ1) is 36.5. The van der Waals surface area contributed by atoms with Gasteiger partial charge in [0.15, 0.2) is 5.78 Å². The van der Waals surface area contributed by atoms with Crippen LogP contribution in [0.5, 0.6) is 0 Å². The van der Waals surface area contributed by atoms with Gasteiger partial charge in [-0.2, -0.15) is 0 Å². The van der Waals surface area contributed by atoms with Crippen molar-refractivity contribution in [1.82, 2.24) is 25.6 Å². The summed E-state index contributed by atoms with van der Waals surface area (Å²) in [6.45, 7) is 19.2. The fourth-order valence-electron chi connectivity index (χ4n) is 7.45. The van der Waals surface area contributed by atoms with Gasteiger partial charge < -0.3 is 20.9 Å². The van der Waals surface area contributed by atoms with Crippen LogP contribution in [0.2, 0.25) is 0 Å². The second-order valence-electron chi connectivity index (χ2n) is 17.0. The van der Waals surface area contributed by atoms with Crippen LogP contribution >= 0.6 is 0 Å². The smallest absolute Gasteiger partial charge is 0.316 e. The van der Waals surface area contributed by atoms with Crippen LogP contribution in [0.15, 0.2) is 47.9 Å². The lowest BCUT2D eigenvalue weighted by molar-refractivity contribution is -0.144. The number of rotatable bonds is 11. The Morgan fingerprint density at radius 1 is 0.939 bits per heavy atom. The molecule has 4 fully saturated rings. The van der Waals surface area contributed by atoms with E-state index in [0.717, 1.165) is 12.8 Å². The summed E-state index contributed by atoms with van der Waals surface area (Å²) in [5.74, 6) is -2.69. The summed E-state index contributed by atoms with van der Waals surface area (Å²) >= 11 is 0. The van der Waals surface area contributed by atoms with Crippen molar-refractivity contribution in [2.24, 2.45) is 39.9 Å². The van der Waals surface area contributed by atoms with E-state index in [-0.39, 0.29) is 46.8 Å². The quantitative estimate of drug-likeness (QED) is 0.258. The summed E-state index contributed by atoms with van der Waals surface area (Å²) in [6, 6.07) is 4.09. The lowest BCUT2D eigenvalue weighted by Crippen LogP contribution is -2.63. The van der Waals surface area contributed by atoms with Gasteiger partial charge >= 0.3 is 6.03 Å². The third-order valence-electron chi connectivity index (χ3n) is 10.9. The third kappa shape index (κ3) is 7.00. The van der Waals surface area contributed by atoms with Gasteiger partial charge in [-0.25, -0.2) is 17.9 Å². The molecule has 1 heterocycles. The summed E-state index contributed by atoms with van der Waals surface area (Å²) in [4.78, 5) is 70.1.